The van der Waals surface area contributed by atoms with Gasteiger partial charge in [0.15, 0.2) is 0 Å². The predicted molar refractivity (Wildman–Crippen MR) is 47.7 cm³/mol. The summed E-state index contributed by atoms with van der Waals surface area (Å²) < 4.78 is 0. The number of aliphatic hydroxyl groups is 1. The summed E-state index contributed by atoms with van der Waals surface area (Å²) in [6, 6.07) is 0. The summed E-state index contributed by atoms with van der Waals surface area (Å²) in [5.74, 6) is 3.65. The van der Waals surface area contributed by atoms with Crippen molar-refractivity contribution in [1.29, 1.82) is 0 Å². The van der Waals surface area contributed by atoms with Crippen molar-refractivity contribution in [3.8, 4) is 0 Å². The molecule has 3 aliphatic rings. The summed E-state index contributed by atoms with van der Waals surface area (Å²) in [5, 5.41) is 9.84. The average Bonchev–Trinajstić information content (AvgIpc) is 2.59. The first kappa shape index (κ1) is 7.37. The van der Waals surface area contributed by atoms with Crippen LogP contribution in [0.1, 0.15) is 38.5 Å². The summed E-state index contributed by atoms with van der Waals surface area (Å²) in [4.78, 5) is 0. The zero-order valence-corrected chi connectivity index (χ0v) is 7.58. The molecule has 3 aliphatic carbocycles. The Balaban J connectivity index is 1.88. The predicted octanol–water partition coefficient (Wildman–Crippen LogP) is 2.19. The maximum absolute atomic E-state index is 9.84. The van der Waals surface area contributed by atoms with Crippen molar-refractivity contribution in [2.75, 3.05) is 0 Å². The van der Waals surface area contributed by atoms with Crippen LogP contribution in [0.5, 0.6) is 0 Å². The smallest absolute Gasteiger partial charge is 0.0571 e. The minimum absolute atomic E-state index is 0.0642. The van der Waals surface area contributed by atoms with Gasteiger partial charge >= 0.3 is 0 Å². The molecule has 2 bridgehead atoms. The average molecular weight is 166 g/mol. The van der Waals surface area contributed by atoms with E-state index >= 15 is 0 Å². The van der Waals surface area contributed by atoms with E-state index in [-0.39, 0.29) is 6.10 Å². The van der Waals surface area contributed by atoms with E-state index in [1.54, 1.807) is 0 Å². The summed E-state index contributed by atoms with van der Waals surface area (Å²) in [7, 11) is 0. The fourth-order valence-corrected chi connectivity index (χ4v) is 4.21. The minimum Gasteiger partial charge on any atom is -0.393 e. The molecule has 1 N–H and O–H groups in total. The lowest BCUT2D eigenvalue weighted by atomic mass is 9.83. The fraction of sp³-hybridized carbons (Fsp3) is 1.00. The van der Waals surface area contributed by atoms with E-state index in [1.165, 1.54) is 32.1 Å². The molecule has 0 unspecified atom stereocenters. The lowest BCUT2D eigenvalue weighted by Gasteiger charge is -2.26. The van der Waals surface area contributed by atoms with Gasteiger partial charge in [-0.15, -0.1) is 0 Å². The van der Waals surface area contributed by atoms with Gasteiger partial charge in [-0.3, -0.25) is 0 Å². The SMILES string of the molecule is O[C@@H]1CC[C@H]2C[C@@H]1[C@@H]1CCC[C@H]21. The van der Waals surface area contributed by atoms with Gasteiger partial charge in [0.05, 0.1) is 6.10 Å². The lowest BCUT2D eigenvalue weighted by molar-refractivity contribution is 0.0592. The Kier molecular flexibility index (Phi) is 1.52. The van der Waals surface area contributed by atoms with E-state index in [0.29, 0.717) is 5.92 Å². The van der Waals surface area contributed by atoms with Crippen LogP contribution >= 0.6 is 0 Å². The molecule has 0 spiro atoms. The molecule has 0 heterocycles. The third-order valence-corrected chi connectivity index (χ3v) is 4.68. The van der Waals surface area contributed by atoms with Gasteiger partial charge in [-0.25, -0.2) is 0 Å². The minimum atomic E-state index is 0.0642. The molecule has 1 heteroatoms. The lowest BCUT2D eigenvalue weighted by Crippen LogP contribution is -2.26. The number of hydrogen-bond donors (Lipinski definition) is 1. The Morgan fingerprint density at radius 3 is 2.58 bits per heavy atom. The molecule has 12 heavy (non-hydrogen) atoms. The van der Waals surface area contributed by atoms with Crippen molar-refractivity contribution in [3.05, 3.63) is 0 Å². The topological polar surface area (TPSA) is 20.2 Å². The van der Waals surface area contributed by atoms with E-state index in [1.807, 2.05) is 0 Å². The molecule has 0 amide bonds. The summed E-state index contributed by atoms with van der Waals surface area (Å²) in [5.41, 5.74) is 0. The van der Waals surface area contributed by atoms with Crippen LogP contribution in [0, 0.1) is 23.7 Å². The maximum atomic E-state index is 9.84. The molecule has 3 fully saturated rings. The van der Waals surface area contributed by atoms with Gasteiger partial charge in [-0.05, 0) is 55.8 Å². The van der Waals surface area contributed by atoms with E-state index < -0.39 is 0 Å². The summed E-state index contributed by atoms with van der Waals surface area (Å²) in [6.07, 6.45) is 8.17. The van der Waals surface area contributed by atoms with E-state index in [2.05, 4.69) is 0 Å². The van der Waals surface area contributed by atoms with E-state index in [4.69, 9.17) is 0 Å². The highest BCUT2D eigenvalue weighted by atomic mass is 16.3. The third-order valence-electron chi connectivity index (χ3n) is 4.68. The molecule has 3 saturated carbocycles. The zero-order valence-electron chi connectivity index (χ0n) is 7.58. The molecule has 0 aliphatic heterocycles. The van der Waals surface area contributed by atoms with Crippen LogP contribution in [-0.4, -0.2) is 11.2 Å². The van der Waals surface area contributed by atoms with Gasteiger partial charge in [-0.1, -0.05) is 6.42 Å². The highest BCUT2D eigenvalue weighted by Gasteiger charge is 2.50. The van der Waals surface area contributed by atoms with Crippen molar-refractivity contribution in [2.24, 2.45) is 23.7 Å². The monoisotopic (exact) mass is 166 g/mol. The second-order valence-corrected chi connectivity index (χ2v) is 5.06. The van der Waals surface area contributed by atoms with Crippen LogP contribution in [-0.2, 0) is 0 Å². The zero-order chi connectivity index (χ0) is 8.13. The maximum Gasteiger partial charge on any atom is 0.0571 e. The molecule has 0 aromatic carbocycles. The third kappa shape index (κ3) is 0.834. The van der Waals surface area contributed by atoms with Gasteiger partial charge in [0, 0.05) is 0 Å². The van der Waals surface area contributed by atoms with Gasteiger partial charge in [-0.2, -0.15) is 0 Å². The molecular formula is C11H18O. The summed E-state index contributed by atoms with van der Waals surface area (Å²) in [6.45, 7) is 0. The standard InChI is InChI=1S/C11H18O/c12-11-5-4-7-6-10(11)9-3-1-2-8(7)9/h7-12H,1-6H2/t7-,8+,9+,10+,11+/m0/s1. The molecular weight excluding hydrogens is 148 g/mol. The normalized spacial score (nSPS) is 57.2. The molecule has 0 radical (unpaired) electrons. The number of hydrogen-bond acceptors (Lipinski definition) is 1. The van der Waals surface area contributed by atoms with Crippen LogP contribution in [0.4, 0.5) is 0 Å². The van der Waals surface area contributed by atoms with Crippen molar-refractivity contribution < 1.29 is 5.11 Å². The molecule has 5 atom stereocenters. The number of fused-ring (bicyclic) bond motifs is 5. The van der Waals surface area contributed by atoms with E-state index in [0.717, 1.165) is 24.2 Å². The highest BCUT2D eigenvalue weighted by Crippen LogP contribution is 2.56. The van der Waals surface area contributed by atoms with Crippen LogP contribution in [0.15, 0.2) is 0 Å². The first-order valence-electron chi connectivity index (χ1n) is 5.54. The Labute approximate surface area is 74.2 Å². The van der Waals surface area contributed by atoms with Crippen LogP contribution in [0.2, 0.25) is 0 Å². The van der Waals surface area contributed by atoms with Crippen LogP contribution in [0.25, 0.3) is 0 Å². The Bertz CT molecular complexity index is 189. The largest absolute Gasteiger partial charge is 0.393 e. The number of aliphatic hydroxyl groups excluding tert-OH is 1. The molecule has 1 nitrogen and oxygen atoms in total. The molecule has 3 rings (SSSR count). The van der Waals surface area contributed by atoms with Crippen LogP contribution < -0.4 is 0 Å². The highest BCUT2D eigenvalue weighted by molar-refractivity contribution is 4.99. The Hall–Kier alpha value is -0.0400. The van der Waals surface area contributed by atoms with Crippen molar-refractivity contribution in [1.82, 2.24) is 0 Å². The van der Waals surface area contributed by atoms with Gasteiger partial charge in [0.1, 0.15) is 0 Å². The molecule has 0 aromatic rings. The quantitative estimate of drug-likeness (QED) is 0.585. The van der Waals surface area contributed by atoms with Crippen molar-refractivity contribution >= 4 is 0 Å². The first-order valence-corrected chi connectivity index (χ1v) is 5.54. The van der Waals surface area contributed by atoms with Crippen molar-refractivity contribution in [2.45, 2.75) is 44.6 Å². The van der Waals surface area contributed by atoms with E-state index in [9.17, 15) is 5.11 Å². The van der Waals surface area contributed by atoms with Gasteiger partial charge in [0.2, 0.25) is 0 Å². The fourth-order valence-electron chi connectivity index (χ4n) is 4.21. The van der Waals surface area contributed by atoms with Crippen LogP contribution in [0.3, 0.4) is 0 Å². The van der Waals surface area contributed by atoms with Crippen molar-refractivity contribution in [3.63, 3.8) is 0 Å². The Morgan fingerprint density at radius 2 is 1.67 bits per heavy atom. The summed E-state index contributed by atoms with van der Waals surface area (Å²) >= 11 is 0. The Morgan fingerprint density at radius 1 is 0.833 bits per heavy atom. The molecule has 68 valence electrons. The van der Waals surface area contributed by atoms with Gasteiger partial charge in [0.25, 0.3) is 0 Å². The first-order chi connectivity index (χ1) is 5.86. The van der Waals surface area contributed by atoms with Gasteiger partial charge < -0.3 is 5.11 Å². The number of rotatable bonds is 0. The molecule has 0 aromatic heterocycles. The second-order valence-electron chi connectivity index (χ2n) is 5.06. The second kappa shape index (κ2) is 2.47. The molecule has 0 saturated heterocycles.